The summed E-state index contributed by atoms with van der Waals surface area (Å²) in [5.41, 5.74) is 6.69. The molecule has 1 aromatic heterocycles. The number of aromatic amines is 1. The summed E-state index contributed by atoms with van der Waals surface area (Å²) in [4.78, 5) is 27.2. The minimum absolute atomic E-state index is 0.0224. The van der Waals surface area contributed by atoms with Gasteiger partial charge in [-0.1, -0.05) is 37.6 Å². The van der Waals surface area contributed by atoms with Crippen LogP contribution >= 0.6 is 23.4 Å². The third-order valence-electron chi connectivity index (χ3n) is 5.91. The fraction of sp³-hybridized carbons (Fsp3) is 0.292. The Hall–Kier alpha value is -2.82. The number of alkyl halides is 3. The van der Waals surface area contributed by atoms with Crippen molar-refractivity contribution in [3.8, 4) is 0 Å². The number of amides is 2. The van der Waals surface area contributed by atoms with Crippen LogP contribution in [0.5, 0.6) is 0 Å². The molecule has 0 bridgehead atoms. The van der Waals surface area contributed by atoms with E-state index in [9.17, 15) is 22.8 Å². The van der Waals surface area contributed by atoms with E-state index in [-0.39, 0.29) is 34.4 Å². The number of aromatic nitrogens is 2. The molecule has 0 spiro atoms. The van der Waals surface area contributed by atoms with Gasteiger partial charge in [0, 0.05) is 23.0 Å². The van der Waals surface area contributed by atoms with Crippen LogP contribution in [0.1, 0.15) is 30.5 Å². The molecule has 184 valence electrons. The van der Waals surface area contributed by atoms with Crippen molar-refractivity contribution in [2.24, 2.45) is 11.7 Å². The lowest BCUT2D eigenvalue weighted by Gasteiger charge is -2.21. The van der Waals surface area contributed by atoms with Crippen molar-refractivity contribution in [3.05, 3.63) is 69.2 Å². The van der Waals surface area contributed by atoms with E-state index in [1.54, 1.807) is 24.4 Å². The average Bonchev–Trinajstić information content (AvgIpc) is 3.36. The number of carbonyl (C=O) groups is 2. The highest BCUT2D eigenvalue weighted by atomic mass is 35.5. The van der Waals surface area contributed by atoms with Crippen LogP contribution in [-0.4, -0.2) is 38.8 Å². The van der Waals surface area contributed by atoms with Crippen molar-refractivity contribution in [2.75, 3.05) is 6.54 Å². The van der Waals surface area contributed by atoms with Crippen LogP contribution < -0.4 is 5.73 Å². The minimum Gasteiger partial charge on any atom is -0.326 e. The van der Waals surface area contributed by atoms with Crippen molar-refractivity contribution >= 4 is 51.0 Å². The molecule has 1 aliphatic rings. The number of fused-ring (bicyclic) bond motifs is 1. The van der Waals surface area contributed by atoms with E-state index in [2.05, 4.69) is 10.2 Å². The zero-order valence-corrected chi connectivity index (χ0v) is 20.4. The van der Waals surface area contributed by atoms with Gasteiger partial charge < -0.3 is 5.73 Å². The number of nitrogens with two attached hydrogens (primary N) is 1. The maximum atomic E-state index is 13.8. The van der Waals surface area contributed by atoms with Gasteiger partial charge in [0.2, 0.25) is 0 Å². The van der Waals surface area contributed by atoms with Gasteiger partial charge in [-0.3, -0.25) is 19.6 Å². The lowest BCUT2D eigenvalue weighted by atomic mass is 9.93. The first-order chi connectivity index (χ1) is 16.5. The second-order valence-electron chi connectivity index (χ2n) is 8.65. The first-order valence-electron chi connectivity index (χ1n) is 10.8. The van der Waals surface area contributed by atoms with E-state index in [0.717, 1.165) is 16.5 Å². The van der Waals surface area contributed by atoms with Gasteiger partial charge in [-0.2, -0.15) is 18.3 Å². The normalized spacial score (nSPS) is 17.1. The molecule has 1 fully saturated rings. The van der Waals surface area contributed by atoms with Gasteiger partial charge in [0.15, 0.2) is 0 Å². The molecule has 1 atom stereocenters. The Kier molecular flexibility index (Phi) is 6.99. The summed E-state index contributed by atoms with van der Waals surface area (Å²) in [7, 11) is 0. The second kappa shape index (κ2) is 9.67. The number of imide groups is 1. The molecule has 0 unspecified atom stereocenters. The van der Waals surface area contributed by atoms with E-state index in [1.807, 2.05) is 13.8 Å². The molecule has 3 N–H and O–H groups in total. The number of halogens is 4. The minimum atomic E-state index is -4.65. The van der Waals surface area contributed by atoms with Gasteiger partial charge in [-0.15, -0.1) is 0 Å². The van der Waals surface area contributed by atoms with E-state index < -0.39 is 28.9 Å². The molecule has 35 heavy (non-hydrogen) atoms. The number of carbonyl (C=O) groups excluding carboxylic acids is 2. The summed E-state index contributed by atoms with van der Waals surface area (Å²) < 4.78 is 41.4. The molecular weight excluding hydrogens is 501 g/mol. The molecule has 0 aliphatic carbocycles. The van der Waals surface area contributed by atoms with Crippen molar-refractivity contribution in [2.45, 2.75) is 32.5 Å². The molecule has 3 aromatic rings. The Bertz CT molecular complexity index is 1340. The Morgan fingerprint density at radius 2 is 1.94 bits per heavy atom. The summed E-state index contributed by atoms with van der Waals surface area (Å²) >= 11 is 6.56. The molecular formula is C24H22ClF3N4O2S. The first-order valence-corrected chi connectivity index (χ1v) is 12.0. The highest BCUT2D eigenvalue weighted by Gasteiger charge is 2.39. The third kappa shape index (κ3) is 5.24. The molecule has 1 aliphatic heterocycles. The molecule has 4 rings (SSSR count). The fourth-order valence-corrected chi connectivity index (χ4v) is 4.89. The van der Waals surface area contributed by atoms with Crippen molar-refractivity contribution in [3.63, 3.8) is 0 Å². The SMILES string of the molecule is CC(C)[C@H](N)CN1C(=O)S/C(=C(/Cc2ccc(Cl)cc2C(F)(F)F)c2ccc3[nH]ncc3c2)C1=O. The number of benzene rings is 2. The van der Waals surface area contributed by atoms with E-state index in [0.29, 0.717) is 28.3 Å². The molecule has 2 heterocycles. The molecule has 11 heteroatoms. The predicted octanol–water partition coefficient (Wildman–Crippen LogP) is 5.87. The summed E-state index contributed by atoms with van der Waals surface area (Å²) in [6.07, 6.45) is -3.31. The number of hydrogen-bond donors (Lipinski definition) is 2. The van der Waals surface area contributed by atoms with Crippen LogP contribution in [0.15, 0.2) is 47.5 Å². The van der Waals surface area contributed by atoms with Gasteiger partial charge in [0.05, 0.1) is 22.2 Å². The van der Waals surface area contributed by atoms with E-state index >= 15 is 0 Å². The predicted molar refractivity (Wildman–Crippen MR) is 131 cm³/mol. The Morgan fingerprint density at radius 3 is 2.63 bits per heavy atom. The average molecular weight is 523 g/mol. The van der Waals surface area contributed by atoms with Crippen LogP contribution in [0.3, 0.4) is 0 Å². The van der Waals surface area contributed by atoms with Gasteiger partial charge in [-0.05, 0) is 65.1 Å². The van der Waals surface area contributed by atoms with Gasteiger partial charge in [0.25, 0.3) is 11.1 Å². The number of rotatable bonds is 6. The molecule has 0 saturated carbocycles. The summed E-state index contributed by atoms with van der Waals surface area (Å²) in [5.74, 6) is -0.541. The number of hydrogen-bond acceptors (Lipinski definition) is 5. The zero-order chi connectivity index (χ0) is 25.5. The second-order valence-corrected chi connectivity index (χ2v) is 10.0. The number of nitrogens with one attached hydrogen (secondary N) is 1. The largest absolute Gasteiger partial charge is 0.416 e. The van der Waals surface area contributed by atoms with Crippen molar-refractivity contribution < 1.29 is 22.8 Å². The maximum Gasteiger partial charge on any atom is 0.416 e. The topological polar surface area (TPSA) is 92.1 Å². The lowest BCUT2D eigenvalue weighted by molar-refractivity contribution is -0.138. The van der Waals surface area contributed by atoms with Gasteiger partial charge >= 0.3 is 6.18 Å². The fourth-order valence-electron chi connectivity index (χ4n) is 3.76. The molecule has 0 radical (unpaired) electrons. The van der Waals surface area contributed by atoms with Crippen LogP contribution in [-0.2, 0) is 17.4 Å². The molecule has 6 nitrogen and oxygen atoms in total. The highest BCUT2D eigenvalue weighted by Crippen LogP contribution is 2.41. The smallest absolute Gasteiger partial charge is 0.326 e. The quantitative estimate of drug-likeness (QED) is 0.395. The number of H-pyrrole nitrogens is 1. The Morgan fingerprint density at radius 1 is 1.20 bits per heavy atom. The van der Waals surface area contributed by atoms with Crippen LogP contribution in [0.4, 0.5) is 18.0 Å². The standard InChI is InChI=1S/C24H22ClF3N4O2S/c1-12(2)19(29)11-32-22(33)21(35-23(32)34)17(13-4-6-20-15(7-13)10-30-31-20)8-14-3-5-16(25)9-18(14)24(26,27)28/h3-7,9-10,12,19H,8,11,29H2,1-2H3,(H,30,31)/b21-17-/t19-/m1/s1. The Balaban J connectivity index is 1.84. The molecule has 1 saturated heterocycles. The summed E-state index contributed by atoms with van der Waals surface area (Å²) in [6, 6.07) is 8.24. The molecule has 2 aromatic carbocycles. The van der Waals surface area contributed by atoms with Gasteiger partial charge in [0.1, 0.15) is 0 Å². The maximum absolute atomic E-state index is 13.8. The number of thioether (sulfide) groups is 1. The number of allylic oxidation sites excluding steroid dienone is 1. The van der Waals surface area contributed by atoms with Gasteiger partial charge in [-0.25, -0.2) is 0 Å². The monoisotopic (exact) mass is 522 g/mol. The van der Waals surface area contributed by atoms with Crippen LogP contribution in [0, 0.1) is 5.92 Å². The summed E-state index contributed by atoms with van der Waals surface area (Å²) in [6.45, 7) is 3.78. The van der Waals surface area contributed by atoms with Crippen LogP contribution in [0.25, 0.3) is 16.5 Å². The molecule has 2 amide bonds. The van der Waals surface area contributed by atoms with Crippen molar-refractivity contribution in [1.29, 1.82) is 0 Å². The van der Waals surface area contributed by atoms with Crippen molar-refractivity contribution in [1.82, 2.24) is 15.1 Å². The zero-order valence-electron chi connectivity index (χ0n) is 18.8. The number of nitrogens with zero attached hydrogens (tertiary/aromatic N) is 2. The summed E-state index contributed by atoms with van der Waals surface area (Å²) in [5, 5.41) is 6.95. The lowest BCUT2D eigenvalue weighted by Crippen LogP contribution is -2.42. The van der Waals surface area contributed by atoms with E-state index in [4.69, 9.17) is 17.3 Å². The van der Waals surface area contributed by atoms with Crippen LogP contribution in [0.2, 0.25) is 5.02 Å². The highest BCUT2D eigenvalue weighted by molar-refractivity contribution is 8.18. The third-order valence-corrected chi connectivity index (χ3v) is 7.16. The Labute approximate surface area is 208 Å². The first kappa shape index (κ1) is 25.3. The van der Waals surface area contributed by atoms with E-state index in [1.165, 1.54) is 12.1 Å².